The van der Waals surface area contributed by atoms with Crippen LogP contribution in [-0.4, -0.2) is 60.5 Å². The topological polar surface area (TPSA) is 9.72 Å². The molecule has 1 rings (SSSR count). The molecule has 0 atom stereocenters. The molecule has 0 N–H and O–H groups in total. The molecule has 0 bridgehead atoms. The molecule has 0 spiro atoms. The highest BCUT2D eigenvalue weighted by Crippen LogP contribution is 2.40. The Balaban J connectivity index is 2.64. The lowest BCUT2D eigenvalue weighted by atomic mass is 10.2. The normalized spacial score (nSPS) is 15.0. The van der Waals surface area contributed by atoms with Gasteiger partial charge < -0.3 is 9.80 Å². The Hall–Kier alpha value is -0.700. The average molecular weight is 296 g/mol. The van der Waals surface area contributed by atoms with E-state index >= 15 is 0 Å². The van der Waals surface area contributed by atoms with Crippen LogP contribution < -0.4 is 0 Å². The fourth-order valence-corrected chi connectivity index (χ4v) is 3.32. The Morgan fingerprint density at radius 3 is 1.57 bits per heavy atom. The molecule has 0 radical (unpaired) electrons. The summed E-state index contributed by atoms with van der Waals surface area (Å²) < 4.78 is 0. The molecule has 3 nitrogen and oxygen atoms in total. The van der Waals surface area contributed by atoms with Gasteiger partial charge in [-0.15, -0.1) is 0 Å². The number of hydrogen-bond acceptors (Lipinski definition) is 3. The second-order valence-corrected chi connectivity index (χ2v) is 6.06. The summed E-state index contributed by atoms with van der Waals surface area (Å²) in [4.78, 5) is 7.65. The minimum absolute atomic E-state index is 0.575. The van der Waals surface area contributed by atoms with E-state index in [0.29, 0.717) is 6.04 Å². The number of unbranched alkanes of at least 4 members (excludes halogenated alkanes) is 3. The molecular formula is C18H37N3. The molecule has 124 valence electrons. The third-order valence-corrected chi connectivity index (χ3v) is 4.71. The van der Waals surface area contributed by atoms with Gasteiger partial charge in [0.1, 0.15) is 0 Å². The molecule has 0 aliphatic heterocycles. The third kappa shape index (κ3) is 4.64. The minimum atomic E-state index is 0.575. The van der Waals surface area contributed by atoms with Crippen LogP contribution in [0.15, 0.2) is 11.4 Å². The molecule has 21 heavy (non-hydrogen) atoms. The zero-order valence-corrected chi connectivity index (χ0v) is 15.3. The molecule has 0 saturated carbocycles. The van der Waals surface area contributed by atoms with E-state index in [1.54, 1.807) is 11.4 Å². The van der Waals surface area contributed by atoms with Gasteiger partial charge >= 0.3 is 0 Å². The lowest BCUT2D eigenvalue weighted by Crippen LogP contribution is -2.32. The number of likely N-dealkylation sites (N-methyl/N-ethyl adjacent to an activating group) is 3. The van der Waals surface area contributed by atoms with Crippen molar-refractivity contribution in [2.75, 3.05) is 39.8 Å². The molecule has 0 aromatic rings. The van der Waals surface area contributed by atoms with Crippen LogP contribution >= 0.6 is 0 Å². The summed E-state index contributed by atoms with van der Waals surface area (Å²) >= 11 is 0. The zero-order chi connectivity index (χ0) is 15.8. The van der Waals surface area contributed by atoms with Gasteiger partial charge in [-0.05, 0) is 47.7 Å². The summed E-state index contributed by atoms with van der Waals surface area (Å²) in [7, 11) is 2.30. The molecule has 3 heteroatoms. The van der Waals surface area contributed by atoms with Gasteiger partial charge in [0.2, 0.25) is 0 Å². The Morgan fingerprint density at radius 1 is 0.714 bits per heavy atom. The highest BCUT2D eigenvalue weighted by atomic mass is 15.3. The third-order valence-electron chi connectivity index (χ3n) is 4.71. The van der Waals surface area contributed by atoms with E-state index in [2.05, 4.69) is 56.4 Å². The van der Waals surface area contributed by atoms with Crippen LogP contribution in [0, 0.1) is 0 Å². The van der Waals surface area contributed by atoms with E-state index in [-0.39, 0.29) is 0 Å². The Kier molecular flexibility index (Phi) is 8.16. The second kappa shape index (κ2) is 9.34. The van der Waals surface area contributed by atoms with E-state index in [1.807, 2.05) is 0 Å². The van der Waals surface area contributed by atoms with Gasteiger partial charge in [-0.25, -0.2) is 0 Å². The van der Waals surface area contributed by atoms with Crippen LogP contribution in [0.1, 0.15) is 60.3 Å². The highest BCUT2D eigenvalue weighted by molar-refractivity contribution is 5.44. The van der Waals surface area contributed by atoms with Crippen LogP contribution in [0.25, 0.3) is 0 Å². The first-order chi connectivity index (χ1) is 10.2. The lowest BCUT2D eigenvalue weighted by molar-refractivity contribution is 0.269. The molecule has 0 heterocycles. The largest absolute Gasteiger partial charge is 0.372 e. The van der Waals surface area contributed by atoms with E-state index in [0.717, 1.165) is 26.2 Å². The molecule has 0 saturated heterocycles. The quantitative estimate of drug-likeness (QED) is 0.507. The summed E-state index contributed by atoms with van der Waals surface area (Å²) in [6.45, 7) is 17.1. The van der Waals surface area contributed by atoms with E-state index in [1.165, 1.54) is 32.2 Å². The van der Waals surface area contributed by atoms with Crippen molar-refractivity contribution in [3.05, 3.63) is 11.4 Å². The van der Waals surface area contributed by atoms with E-state index in [4.69, 9.17) is 0 Å². The van der Waals surface area contributed by atoms with Crippen molar-refractivity contribution in [2.45, 2.75) is 66.3 Å². The maximum atomic E-state index is 2.57. The smallest absolute Gasteiger partial charge is 0.0937 e. The first-order valence-corrected chi connectivity index (χ1v) is 9.10. The maximum Gasteiger partial charge on any atom is 0.0937 e. The fourth-order valence-electron chi connectivity index (χ4n) is 3.32. The van der Waals surface area contributed by atoms with Crippen molar-refractivity contribution in [1.29, 1.82) is 0 Å². The van der Waals surface area contributed by atoms with Crippen molar-refractivity contribution in [2.24, 2.45) is 0 Å². The van der Waals surface area contributed by atoms with Gasteiger partial charge in [-0.1, -0.05) is 26.2 Å². The Bertz CT molecular complexity index is 294. The van der Waals surface area contributed by atoms with Gasteiger partial charge in [0.05, 0.1) is 17.4 Å². The van der Waals surface area contributed by atoms with Crippen molar-refractivity contribution in [3.63, 3.8) is 0 Å². The summed E-state index contributed by atoms with van der Waals surface area (Å²) in [5.41, 5.74) is 3.17. The first-order valence-electron chi connectivity index (χ1n) is 9.10. The van der Waals surface area contributed by atoms with E-state index in [9.17, 15) is 0 Å². The summed E-state index contributed by atoms with van der Waals surface area (Å²) in [5, 5.41) is 0. The standard InChI is InChI=1S/C18H37N3/c1-7-12-13-14-15-19(6)16-17(20(8-2)9-3)18(16)21(10-4)11-5/h16H,7-15H2,1-6H3. The molecule has 1 aliphatic rings. The number of hydrogen-bond donors (Lipinski definition) is 0. The molecule has 0 fully saturated rings. The van der Waals surface area contributed by atoms with Gasteiger partial charge in [0.25, 0.3) is 0 Å². The van der Waals surface area contributed by atoms with Crippen molar-refractivity contribution in [1.82, 2.24) is 14.7 Å². The predicted octanol–water partition coefficient (Wildman–Crippen LogP) is 3.78. The van der Waals surface area contributed by atoms with Crippen LogP contribution in [-0.2, 0) is 0 Å². The summed E-state index contributed by atoms with van der Waals surface area (Å²) in [5.74, 6) is 0. The number of nitrogens with zero attached hydrogens (tertiary/aromatic N) is 3. The van der Waals surface area contributed by atoms with Crippen molar-refractivity contribution in [3.8, 4) is 0 Å². The van der Waals surface area contributed by atoms with Crippen LogP contribution in [0.5, 0.6) is 0 Å². The molecule has 1 aliphatic carbocycles. The molecule has 0 unspecified atom stereocenters. The predicted molar refractivity (Wildman–Crippen MR) is 93.4 cm³/mol. The number of rotatable bonds is 12. The van der Waals surface area contributed by atoms with Crippen LogP contribution in [0.4, 0.5) is 0 Å². The van der Waals surface area contributed by atoms with E-state index < -0.39 is 0 Å². The van der Waals surface area contributed by atoms with Gasteiger partial charge in [0.15, 0.2) is 0 Å². The monoisotopic (exact) mass is 295 g/mol. The zero-order valence-electron chi connectivity index (χ0n) is 15.3. The van der Waals surface area contributed by atoms with Gasteiger partial charge in [0, 0.05) is 26.2 Å². The van der Waals surface area contributed by atoms with Gasteiger partial charge in [-0.3, -0.25) is 4.90 Å². The Labute approximate surface area is 133 Å². The maximum absolute atomic E-state index is 2.57. The first kappa shape index (κ1) is 18.3. The van der Waals surface area contributed by atoms with Crippen LogP contribution in [0.2, 0.25) is 0 Å². The molecular weight excluding hydrogens is 258 g/mol. The minimum Gasteiger partial charge on any atom is -0.372 e. The van der Waals surface area contributed by atoms with Crippen molar-refractivity contribution >= 4 is 0 Å². The van der Waals surface area contributed by atoms with Crippen molar-refractivity contribution < 1.29 is 0 Å². The average Bonchev–Trinajstić information content (AvgIpc) is 3.21. The highest BCUT2D eigenvalue weighted by Gasteiger charge is 2.44. The van der Waals surface area contributed by atoms with Gasteiger partial charge in [-0.2, -0.15) is 0 Å². The SMILES string of the molecule is CCCCCCN(C)C1C(N(CC)CC)=C1N(CC)CC. The summed E-state index contributed by atoms with van der Waals surface area (Å²) in [6.07, 6.45) is 5.39. The second-order valence-electron chi connectivity index (χ2n) is 6.06. The van der Waals surface area contributed by atoms with Crippen LogP contribution in [0.3, 0.4) is 0 Å². The Morgan fingerprint density at radius 2 is 1.19 bits per heavy atom. The fraction of sp³-hybridized carbons (Fsp3) is 0.889. The lowest BCUT2D eigenvalue weighted by Gasteiger charge is -2.24. The molecule has 0 amide bonds. The molecule has 0 aromatic heterocycles. The molecule has 0 aromatic carbocycles. The summed E-state index contributed by atoms with van der Waals surface area (Å²) in [6, 6.07) is 0.575.